The molecule has 0 saturated heterocycles. The van der Waals surface area contributed by atoms with E-state index < -0.39 is 0 Å². The van der Waals surface area contributed by atoms with Crippen LogP contribution in [0.4, 0.5) is 0 Å². The summed E-state index contributed by atoms with van der Waals surface area (Å²) < 4.78 is 0. The van der Waals surface area contributed by atoms with Crippen molar-refractivity contribution in [3.05, 3.63) is 35.4 Å². The Bertz CT molecular complexity index is 392. The zero-order chi connectivity index (χ0) is 12.0. The van der Waals surface area contributed by atoms with Gasteiger partial charge in [0.05, 0.1) is 17.7 Å². The van der Waals surface area contributed by atoms with Crippen LogP contribution in [0.5, 0.6) is 0 Å². The highest BCUT2D eigenvalue weighted by molar-refractivity contribution is 7.80. The number of nitrogens with one attached hydrogen (secondary N) is 2. The van der Waals surface area contributed by atoms with Crippen LogP contribution in [0.25, 0.3) is 0 Å². The van der Waals surface area contributed by atoms with Gasteiger partial charge in [-0.3, -0.25) is 0 Å². The topological polar surface area (TPSA) is 47.8 Å². The summed E-state index contributed by atoms with van der Waals surface area (Å²) in [4.78, 5) is 0. The van der Waals surface area contributed by atoms with Crippen LogP contribution in [0.2, 0.25) is 0 Å². The predicted octanol–water partition coefficient (Wildman–Crippen LogP) is 2.10. The molecular weight excluding hydrogens is 218 g/mol. The molecule has 1 aromatic rings. The highest BCUT2D eigenvalue weighted by atomic mass is 32.1. The lowest BCUT2D eigenvalue weighted by atomic mass is 10.1. The summed E-state index contributed by atoms with van der Waals surface area (Å²) in [7, 11) is 0. The fraction of sp³-hybridized carbons (Fsp3) is 0.333. The molecule has 0 aliphatic rings. The Kier molecular flexibility index (Phi) is 4.74. The second-order valence-electron chi connectivity index (χ2n) is 3.46. The van der Waals surface area contributed by atoms with Crippen LogP contribution < -0.4 is 10.6 Å². The van der Waals surface area contributed by atoms with Crippen molar-refractivity contribution < 1.29 is 0 Å². The van der Waals surface area contributed by atoms with Crippen molar-refractivity contribution in [3.8, 4) is 6.07 Å². The SMILES string of the molecule is CCNC(=S)N[C@H](C)c1ccc(C#N)cc1. The van der Waals surface area contributed by atoms with E-state index in [1.165, 1.54) is 0 Å². The maximum atomic E-state index is 8.69. The van der Waals surface area contributed by atoms with Crippen LogP contribution in [0, 0.1) is 11.3 Å². The number of nitriles is 1. The van der Waals surface area contributed by atoms with Gasteiger partial charge in [0.25, 0.3) is 0 Å². The molecule has 3 nitrogen and oxygen atoms in total. The van der Waals surface area contributed by atoms with Gasteiger partial charge in [-0.05, 0) is 43.8 Å². The molecule has 0 fully saturated rings. The molecule has 0 aromatic heterocycles. The molecule has 0 bridgehead atoms. The van der Waals surface area contributed by atoms with E-state index in [9.17, 15) is 0 Å². The molecule has 4 heteroatoms. The van der Waals surface area contributed by atoms with Crippen LogP contribution in [0.1, 0.15) is 31.0 Å². The lowest BCUT2D eigenvalue weighted by Crippen LogP contribution is -2.36. The normalized spacial score (nSPS) is 11.3. The maximum absolute atomic E-state index is 8.69. The standard InChI is InChI=1S/C12H15N3S/c1-3-14-12(16)15-9(2)11-6-4-10(8-13)5-7-11/h4-7,9H,3H2,1-2H3,(H2,14,15,16)/t9-/m1/s1. The molecule has 1 aromatic carbocycles. The van der Waals surface area contributed by atoms with Gasteiger partial charge in [-0.15, -0.1) is 0 Å². The number of hydrogen-bond donors (Lipinski definition) is 2. The minimum Gasteiger partial charge on any atom is -0.363 e. The Morgan fingerprint density at radius 3 is 2.56 bits per heavy atom. The summed E-state index contributed by atoms with van der Waals surface area (Å²) in [5.41, 5.74) is 1.78. The van der Waals surface area contributed by atoms with Gasteiger partial charge in [0.1, 0.15) is 0 Å². The minimum atomic E-state index is 0.138. The number of hydrogen-bond acceptors (Lipinski definition) is 2. The van der Waals surface area contributed by atoms with E-state index in [0.717, 1.165) is 12.1 Å². The zero-order valence-corrected chi connectivity index (χ0v) is 10.3. The predicted molar refractivity (Wildman–Crippen MR) is 69.0 cm³/mol. The number of thiocarbonyl (C=S) groups is 1. The van der Waals surface area contributed by atoms with Crippen molar-refractivity contribution in [1.29, 1.82) is 5.26 Å². The first kappa shape index (κ1) is 12.5. The van der Waals surface area contributed by atoms with Gasteiger partial charge in [-0.1, -0.05) is 12.1 Å². The molecule has 84 valence electrons. The van der Waals surface area contributed by atoms with Crippen molar-refractivity contribution in [2.75, 3.05) is 6.54 Å². The van der Waals surface area contributed by atoms with Gasteiger partial charge in [-0.25, -0.2) is 0 Å². The van der Waals surface area contributed by atoms with Gasteiger partial charge in [0.15, 0.2) is 5.11 Å². The van der Waals surface area contributed by atoms with Gasteiger partial charge >= 0.3 is 0 Å². The van der Waals surface area contributed by atoms with Crippen molar-refractivity contribution in [2.24, 2.45) is 0 Å². The van der Waals surface area contributed by atoms with Crippen LogP contribution in [-0.2, 0) is 0 Å². The van der Waals surface area contributed by atoms with Crippen LogP contribution >= 0.6 is 12.2 Å². The van der Waals surface area contributed by atoms with E-state index in [2.05, 4.69) is 16.7 Å². The molecule has 0 saturated carbocycles. The molecular formula is C12H15N3S. The summed E-state index contributed by atoms with van der Waals surface area (Å²) >= 11 is 5.10. The Balaban J connectivity index is 2.63. The van der Waals surface area contributed by atoms with Crippen molar-refractivity contribution in [2.45, 2.75) is 19.9 Å². The molecule has 0 heterocycles. The van der Waals surface area contributed by atoms with Gasteiger partial charge in [-0.2, -0.15) is 5.26 Å². The van der Waals surface area contributed by atoms with Crippen molar-refractivity contribution in [3.63, 3.8) is 0 Å². The zero-order valence-electron chi connectivity index (χ0n) is 9.45. The summed E-state index contributed by atoms with van der Waals surface area (Å²) in [6.45, 7) is 4.84. The third-order valence-corrected chi connectivity index (χ3v) is 2.49. The Morgan fingerprint density at radius 2 is 2.06 bits per heavy atom. The van der Waals surface area contributed by atoms with Gasteiger partial charge < -0.3 is 10.6 Å². The maximum Gasteiger partial charge on any atom is 0.166 e. The van der Waals surface area contributed by atoms with E-state index in [4.69, 9.17) is 17.5 Å². The lowest BCUT2D eigenvalue weighted by Gasteiger charge is -2.16. The second kappa shape index (κ2) is 6.09. The number of nitrogens with zero attached hydrogens (tertiary/aromatic N) is 1. The fourth-order valence-electron chi connectivity index (χ4n) is 1.34. The van der Waals surface area contributed by atoms with E-state index in [-0.39, 0.29) is 6.04 Å². The highest BCUT2D eigenvalue weighted by Gasteiger charge is 2.05. The van der Waals surface area contributed by atoms with Crippen LogP contribution in [-0.4, -0.2) is 11.7 Å². The van der Waals surface area contributed by atoms with Gasteiger partial charge in [0, 0.05) is 6.54 Å². The lowest BCUT2D eigenvalue weighted by molar-refractivity contribution is 0.702. The summed E-state index contributed by atoms with van der Waals surface area (Å²) in [6, 6.07) is 9.72. The molecule has 0 aliphatic carbocycles. The molecule has 0 unspecified atom stereocenters. The molecule has 0 spiro atoms. The van der Waals surface area contributed by atoms with E-state index in [1.54, 1.807) is 0 Å². The summed E-state index contributed by atoms with van der Waals surface area (Å²) in [5.74, 6) is 0. The third kappa shape index (κ3) is 3.52. The van der Waals surface area contributed by atoms with E-state index in [1.807, 2.05) is 38.1 Å². The number of rotatable bonds is 3. The average Bonchev–Trinajstić information content (AvgIpc) is 2.29. The van der Waals surface area contributed by atoms with E-state index in [0.29, 0.717) is 10.7 Å². The van der Waals surface area contributed by atoms with Crippen LogP contribution in [0.15, 0.2) is 24.3 Å². The van der Waals surface area contributed by atoms with Crippen molar-refractivity contribution >= 4 is 17.3 Å². The minimum absolute atomic E-state index is 0.138. The first-order valence-electron chi connectivity index (χ1n) is 5.21. The molecule has 2 N–H and O–H groups in total. The first-order valence-corrected chi connectivity index (χ1v) is 5.62. The Morgan fingerprint density at radius 1 is 1.44 bits per heavy atom. The fourth-order valence-corrected chi connectivity index (χ4v) is 1.66. The molecule has 0 amide bonds. The smallest absolute Gasteiger partial charge is 0.166 e. The molecule has 0 radical (unpaired) electrons. The first-order chi connectivity index (χ1) is 7.67. The van der Waals surface area contributed by atoms with Gasteiger partial charge in [0.2, 0.25) is 0 Å². The van der Waals surface area contributed by atoms with Crippen molar-refractivity contribution in [1.82, 2.24) is 10.6 Å². The quantitative estimate of drug-likeness (QED) is 0.785. The van der Waals surface area contributed by atoms with Crippen LogP contribution in [0.3, 0.4) is 0 Å². The average molecular weight is 233 g/mol. The Hall–Kier alpha value is -1.60. The Labute approximate surface area is 101 Å². The van der Waals surface area contributed by atoms with E-state index >= 15 is 0 Å². The highest BCUT2D eigenvalue weighted by Crippen LogP contribution is 2.12. The molecule has 16 heavy (non-hydrogen) atoms. The molecule has 1 rings (SSSR count). The summed E-state index contributed by atoms with van der Waals surface area (Å²) in [6.07, 6.45) is 0. The molecule has 1 atom stereocenters. The molecule has 0 aliphatic heterocycles. The number of benzene rings is 1. The summed E-state index contributed by atoms with van der Waals surface area (Å²) in [5, 5.41) is 15.5. The third-order valence-electron chi connectivity index (χ3n) is 2.22. The monoisotopic (exact) mass is 233 g/mol. The largest absolute Gasteiger partial charge is 0.363 e. The second-order valence-corrected chi connectivity index (χ2v) is 3.87.